The molecule has 2 aromatic carbocycles. The van der Waals surface area contributed by atoms with Gasteiger partial charge in [0.25, 0.3) is 5.91 Å². The van der Waals surface area contributed by atoms with Crippen molar-refractivity contribution in [1.29, 1.82) is 0 Å². The summed E-state index contributed by atoms with van der Waals surface area (Å²) in [6, 6.07) is 15.3. The number of hydrogen-bond donors (Lipinski definition) is 1. The van der Waals surface area contributed by atoms with Crippen LogP contribution < -0.4 is 10.1 Å². The molecule has 2 heterocycles. The minimum absolute atomic E-state index is 0.148. The average molecular weight is 384 g/mol. The van der Waals surface area contributed by atoms with Gasteiger partial charge >= 0.3 is 0 Å². The molecule has 4 nitrogen and oxygen atoms in total. The molecule has 2 aromatic heterocycles. The Labute approximate surface area is 156 Å². The first kappa shape index (κ1) is 16.7. The molecule has 4 rings (SSSR count). The number of nitrogens with zero attached hydrogens (tertiary/aromatic N) is 1. The molecule has 0 saturated heterocycles. The zero-order valence-corrected chi connectivity index (χ0v) is 15.1. The first-order valence-corrected chi connectivity index (χ1v) is 9.51. The van der Waals surface area contributed by atoms with E-state index in [0.29, 0.717) is 17.2 Å². The molecule has 1 amide bonds. The van der Waals surface area contributed by atoms with Gasteiger partial charge in [-0.3, -0.25) is 4.79 Å². The number of carbonyl (C=O) groups is 1. The van der Waals surface area contributed by atoms with Gasteiger partial charge in [-0.15, -0.1) is 22.7 Å². The Kier molecular flexibility index (Phi) is 4.64. The fraction of sp³-hybridized carbons (Fsp3) is 0.0526. The fourth-order valence-corrected chi connectivity index (χ4v) is 3.93. The maximum absolute atomic E-state index is 13.6. The van der Waals surface area contributed by atoms with Crippen LogP contribution in [0.2, 0.25) is 0 Å². The summed E-state index contributed by atoms with van der Waals surface area (Å²) < 4.78 is 20.2. The van der Waals surface area contributed by atoms with Gasteiger partial charge in [0.15, 0.2) is 16.6 Å². The van der Waals surface area contributed by atoms with E-state index in [-0.39, 0.29) is 11.7 Å². The molecule has 0 fully saturated rings. The molecule has 26 heavy (non-hydrogen) atoms. The van der Waals surface area contributed by atoms with Crippen molar-refractivity contribution >= 4 is 38.8 Å². The summed E-state index contributed by atoms with van der Waals surface area (Å²) in [4.78, 5) is 17.4. The second-order valence-electron chi connectivity index (χ2n) is 5.47. The third kappa shape index (κ3) is 3.58. The number of nitrogens with one attached hydrogen (secondary N) is 1. The summed E-state index contributed by atoms with van der Waals surface area (Å²) in [5.41, 5.74) is 3.25. The van der Waals surface area contributed by atoms with Crippen molar-refractivity contribution < 1.29 is 13.9 Å². The number of benzene rings is 2. The van der Waals surface area contributed by atoms with Gasteiger partial charge in [0.05, 0.1) is 22.3 Å². The number of hydrogen-bond acceptors (Lipinski definition) is 5. The number of para-hydroxylation sites is 1. The number of halogens is 1. The fourth-order valence-electron chi connectivity index (χ4n) is 2.41. The van der Waals surface area contributed by atoms with Crippen molar-refractivity contribution in [3.05, 3.63) is 76.4 Å². The second kappa shape index (κ2) is 7.23. The van der Waals surface area contributed by atoms with Crippen LogP contribution in [0.1, 0.15) is 15.2 Å². The molecule has 0 atom stereocenters. The third-order valence-corrected chi connectivity index (χ3v) is 5.46. The number of ether oxygens (including phenoxy) is 1. The predicted octanol–water partition coefficient (Wildman–Crippen LogP) is 5.22. The molecule has 1 N–H and O–H groups in total. The topological polar surface area (TPSA) is 51.2 Å². The van der Waals surface area contributed by atoms with Gasteiger partial charge in [0.1, 0.15) is 0 Å². The molecule has 4 aromatic rings. The number of fused-ring (bicyclic) bond motifs is 1. The summed E-state index contributed by atoms with van der Waals surface area (Å²) in [5.74, 6) is -0.373. The number of aromatic nitrogens is 1. The lowest BCUT2D eigenvalue weighted by Gasteiger charge is -2.04. The Morgan fingerprint density at radius 3 is 2.92 bits per heavy atom. The van der Waals surface area contributed by atoms with E-state index in [1.165, 1.54) is 28.7 Å². The van der Waals surface area contributed by atoms with Crippen molar-refractivity contribution in [1.82, 2.24) is 10.3 Å². The van der Waals surface area contributed by atoms with Gasteiger partial charge in [0.2, 0.25) is 0 Å². The molecule has 0 unspecified atom stereocenters. The predicted molar refractivity (Wildman–Crippen MR) is 102 cm³/mol. The van der Waals surface area contributed by atoms with E-state index in [9.17, 15) is 9.18 Å². The smallest absolute Gasteiger partial charge is 0.251 e. The normalized spacial score (nSPS) is 10.8. The van der Waals surface area contributed by atoms with E-state index in [1.807, 2.05) is 18.2 Å². The Morgan fingerprint density at radius 2 is 2.04 bits per heavy atom. The van der Waals surface area contributed by atoms with E-state index >= 15 is 0 Å². The SMILES string of the molecule is O=C(NCc1ccc(Oc2ccccc2F)s1)c1ccc2ncsc2c1. The van der Waals surface area contributed by atoms with Crippen LogP contribution in [0, 0.1) is 5.82 Å². The minimum Gasteiger partial charge on any atom is -0.444 e. The lowest BCUT2D eigenvalue weighted by Crippen LogP contribution is -2.22. The van der Waals surface area contributed by atoms with Crippen LogP contribution in [0.15, 0.2) is 60.1 Å². The highest BCUT2D eigenvalue weighted by atomic mass is 32.1. The van der Waals surface area contributed by atoms with Crippen LogP contribution in [-0.2, 0) is 6.54 Å². The Balaban J connectivity index is 1.39. The van der Waals surface area contributed by atoms with E-state index in [1.54, 1.807) is 35.8 Å². The van der Waals surface area contributed by atoms with E-state index in [4.69, 9.17) is 4.74 Å². The maximum Gasteiger partial charge on any atom is 0.251 e. The summed E-state index contributed by atoms with van der Waals surface area (Å²) in [6.45, 7) is 0.380. The van der Waals surface area contributed by atoms with Crippen LogP contribution in [0.5, 0.6) is 10.8 Å². The molecule has 0 aliphatic carbocycles. The minimum atomic E-state index is -0.408. The largest absolute Gasteiger partial charge is 0.444 e. The summed E-state index contributed by atoms with van der Waals surface area (Å²) in [6.07, 6.45) is 0. The molecular formula is C19H13FN2O2S2. The standard InChI is InChI=1S/C19H13FN2O2S2/c20-14-3-1-2-4-16(14)24-18-8-6-13(26-18)10-21-19(23)12-5-7-15-17(9-12)25-11-22-15/h1-9,11H,10H2,(H,21,23). The second-order valence-corrected chi connectivity index (χ2v) is 7.49. The average Bonchev–Trinajstić information content (AvgIpc) is 3.30. The molecule has 130 valence electrons. The van der Waals surface area contributed by atoms with Gasteiger partial charge in [0, 0.05) is 10.4 Å². The van der Waals surface area contributed by atoms with Crippen LogP contribution >= 0.6 is 22.7 Å². The van der Waals surface area contributed by atoms with Gasteiger partial charge in [-0.05, 0) is 42.5 Å². The van der Waals surface area contributed by atoms with Crippen molar-refractivity contribution in [3.8, 4) is 10.8 Å². The summed E-state index contributed by atoms with van der Waals surface area (Å²) in [5, 5.41) is 3.46. The van der Waals surface area contributed by atoms with E-state index in [2.05, 4.69) is 10.3 Å². The first-order valence-electron chi connectivity index (χ1n) is 7.81. The molecule has 0 radical (unpaired) electrons. The van der Waals surface area contributed by atoms with Gasteiger partial charge in [-0.25, -0.2) is 9.37 Å². The molecule has 0 aliphatic heterocycles. The lowest BCUT2D eigenvalue weighted by molar-refractivity contribution is 0.0951. The highest BCUT2D eigenvalue weighted by molar-refractivity contribution is 7.16. The highest BCUT2D eigenvalue weighted by Gasteiger charge is 2.10. The Hall–Kier alpha value is -2.77. The summed E-state index contributed by atoms with van der Waals surface area (Å²) in [7, 11) is 0. The van der Waals surface area contributed by atoms with Gasteiger partial charge in [-0.1, -0.05) is 12.1 Å². The molecule has 0 bridgehead atoms. The monoisotopic (exact) mass is 384 g/mol. The van der Waals surface area contributed by atoms with Crippen LogP contribution in [0.25, 0.3) is 10.2 Å². The Morgan fingerprint density at radius 1 is 1.15 bits per heavy atom. The van der Waals surface area contributed by atoms with Gasteiger partial charge < -0.3 is 10.1 Å². The maximum atomic E-state index is 13.6. The van der Waals surface area contributed by atoms with Crippen LogP contribution in [0.4, 0.5) is 4.39 Å². The molecule has 0 spiro atoms. The zero-order valence-electron chi connectivity index (χ0n) is 13.4. The van der Waals surface area contributed by atoms with E-state index < -0.39 is 5.82 Å². The van der Waals surface area contributed by atoms with Gasteiger partial charge in [-0.2, -0.15) is 0 Å². The van der Waals surface area contributed by atoms with E-state index in [0.717, 1.165) is 15.1 Å². The number of carbonyl (C=O) groups excluding carboxylic acids is 1. The molecule has 0 saturated carbocycles. The molecular weight excluding hydrogens is 371 g/mol. The highest BCUT2D eigenvalue weighted by Crippen LogP contribution is 2.30. The number of amides is 1. The molecule has 7 heteroatoms. The van der Waals surface area contributed by atoms with Crippen molar-refractivity contribution in [2.24, 2.45) is 0 Å². The summed E-state index contributed by atoms with van der Waals surface area (Å²) >= 11 is 2.87. The third-order valence-electron chi connectivity index (χ3n) is 3.70. The van der Waals surface area contributed by atoms with Crippen molar-refractivity contribution in [3.63, 3.8) is 0 Å². The number of thiophene rings is 1. The number of thiazole rings is 1. The van der Waals surface area contributed by atoms with Crippen LogP contribution in [0.3, 0.4) is 0 Å². The quantitative estimate of drug-likeness (QED) is 0.513. The lowest BCUT2D eigenvalue weighted by atomic mass is 10.2. The number of rotatable bonds is 5. The zero-order chi connectivity index (χ0) is 17.9. The first-order chi connectivity index (χ1) is 12.7. The van der Waals surface area contributed by atoms with Crippen LogP contribution in [-0.4, -0.2) is 10.9 Å². The van der Waals surface area contributed by atoms with Crippen molar-refractivity contribution in [2.45, 2.75) is 6.54 Å². The molecule has 0 aliphatic rings. The van der Waals surface area contributed by atoms with Crippen molar-refractivity contribution in [2.75, 3.05) is 0 Å². The Bertz CT molecular complexity index is 1070.